The number of rotatable bonds is 8. The molecule has 5 rings (SSSR count). The molecule has 2 aliphatic heterocycles. The highest BCUT2D eigenvalue weighted by atomic mass is 32.1. The summed E-state index contributed by atoms with van der Waals surface area (Å²) in [6, 6.07) is 12.1. The van der Waals surface area contributed by atoms with Crippen LogP contribution in [0.4, 0.5) is 18.9 Å². The van der Waals surface area contributed by atoms with Gasteiger partial charge in [-0.05, 0) is 55.3 Å². The lowest BCUT2D eigenvalue weighted by molar-refractivity contribution is -0.137. The molecule has 0 radical (unpaired) electrons. The number of likely N-dealkylation sites (tertiary alicyclic amines) is 1. The van der Waals surface area contributed by atoms with Crippen LogP contribution in [0.1, 0.15) is 63.0 Å². The predicted molar refractivity (Wildman–Crippen MR) is 157 cm³/mol. The number of hydrogen-bond donors (Lipinski definition) is 0. The van der Waals surface area contributed by atoms with Crippen LogP contribution in [0.15, 0.2) is 53.9 Å². The molecule has 12 heteroatoms. The first kappa shape index (κ1) is 30.5. The van der Waals surface area contributed by atoms with Crippen molar-refractivity contribution in [1.29, 1.82) is 0 Å². The minimum atomic E-state index is -4.40. The van der Waals surface area contributed by atoms with E-state index in [1.54, 1.807) is 52.6 Å². The summed E-state index contributed by atoms with van der Waals surface area (Å²) in [5.41, 5.74) is 0.738. The molecule has 0 unspecified atom stereocenters. The van der Waals surface area contributed by atoms with Gasteiger partial charge in [0.15, 0.2) is 5.78 Å². The van der Waals surface area contributed by atoms with Crippen molar-refractivity contribution in [2.45, 2.75) is 37.8 Å². The lowest BCUT2D eigenvalue weighted by Gasteiger charge is -2.36. The van der Waals surface area contributed by atoms with Gasteiger partial charge in [-0.2, -0.15) is 13.2 Å². The van der Waals surface area contributed by atoms with E-state index in [1.807, 2.05) is 4.90 Å². The van der Waals surface area contributed by atoms with Gasteiger partial charge in [0, 0.05) is 74.7 Å². The van der Waals surface area contributed by atoms with Crippen molar-refractivity contribution in [3.05, 3.63) is 75.7 Å². The van der Waals surface area contributed by atoms with Crippen molar-refractivity contribution in [3.8, 4) is 5.75 Å². The number of ketones is 1. The first-order valence-corrected chi connectivity index (χ1v) is 15.1. The molecular formula is C31H33F3N4O4S. The first-order valence-electron chi connectivity index (χ1n) is 14.2. The molecule has 3 aromatic rings. The Balaban J connectivity index is 1.07. The number of hydrogen-bond acceptors (Lipinski definition) is 7. The molecule has 1 aromatic heterocycles. The second kappa shape index (κ2) is 13.2. The van der Waals surface area contributed by atoms with Crippen LogP contribution < -0.4 is 9.64 Å². The molecule has 0 bridgehead atoms. The number of amides is 2. The first-order chi connectivity index (χ1) is 20.6. The van der Waals surface area contributed by atoms with Gasteiger partial charge in [0.25, 0.3) is 5.91 Å². The Morgan fingerprint density at radius 3 is 2.28 bits per heavy atom. The minimum Gasteiger partial charge on any atom is -0.497 e. The second-order valence-corrected chi connectivity index (χ2v) is 11.6. The third-order valence-electron chi connectivity index (χ3n) is 8.02. The number of piperazine rings is 1. The fraction of sp³-hybridized carbons (Fsp3) is 0.419. The van der Waals surface area contributed by atoms with E-state index in [4.69, 9.17) is 4.74 Å². The second-order valence-electron chi connectivity index (χ2n) is 10.7. The zero-order chi connectivity index (χ0) is 30.6. The molecule has 8 nitrogen and oxygen atoms in total. The Morgan fingerprint density at radius 2 is 1.63 bits per heavy atom. The normalized spacial score (nSPS) is 16.3. The molecule has 0 N–H and O–H groups in total. The standard InChI is InChI=1S/C31H33F3N4O4S/c1-42-25-7-5-21(6-8-25)27(39)9-10-28(40)37-13-11-22(12-14-37)29-35-26(20-43-29)30(41)38-17-15-36(16-18-38)24-4-2-3-23(19-24)31(32,33)34/h2-8,19-20,22H,9-18H2,1H3. The van der Waals surface area contributed by atoms with E-state index >= 15 is 0 Å². The van der Waals surface area contributed by atoms with Gasteiger partial charge in [-0.3, -0.25) is 14.4 Å². The number of methoxy groups -OCH3 is 1. The Kier molecular flexibility index (Phi) is 9.34. The van der Waals surface area contributed by atoms with Gasteiger partial charge in [0.05, 0.1) is 17.7 Å². The number of carbonyl (C=O) groups excluding carboxylic acids is 3. The van der Waals surface area contributed by atoms with E-state index < -0.39 is 11.7 Å². The Bertz CT molecular complexity index is 1440. The predicted octanol–water partition coefficient (Wildman–Crippen LogP) is 5.50. The smallest absolute Gasteiger partial charge is 0.416 e. The number of ether oxygens (including phenoxy) is 1. The molecule has 2 aromatic carbocycles. The van der Waals surface area contributed by atoms with Gasteiger partial charge in [-0.15, -0.1) is 11.3 Å². The van der Waals surface area contributed by atoms with Crippen LogP contribution in [0, 0.1) is 0 Å². The van der Waals surface area contributed by atoms with Crippen LogP contribution in [0.25, 0.3) is 0 Å². The number of piperidine rings is 1. The summed E-state index contributed by atoms with van der Waals surface area (Å²) in [7, 11) is 1.56. The van der Waals surface area contributed by atoms with Crippen LogP contribution in [-0.4, -0.2) is 78.8 Å². The number of carbonyl (C=O) groups is 3. The van der Waals surface area contributed by atoms with Gasteiger partial charge in [-0.25, -0.2) is 4.98 Å². The molecule has 43 heavy (non-hydrogen) atoms. The molecule has 2 amide bonds. The Labute approximate surface area is 252 Å². The summed E-state index contributed by atoms with van der Waals surface area (Å²) in [6.45, 7) is 2.79. The molecule has 0 spiro atoms. The highest BCUT2D eigenvalue weighted by molar-refractivity contribution is 7.09. The number of Topliss-reactive ketones (excluding diaryl/α,β-unsaturated/α-hetero) is 1. The van der Waals surface area contributed by atoms with Crippen LogP contribution >= 0.6 is 11.3 Å². The molecule has 3 heterocycles. The molecule has 2 saturated heterocycles. The average molecular weight is 615 g/mol. The number of halogens is 3. The number of anilines is 1. The van der Waals surface area contributed by atoms with Gasteiger partial charge >= 0.3 is 6.18 Å². The summed E-state index contributed by atoms with van der Waals surface area (Å²) in [5.74, 6) is 0.514. The third-order valence-corrected chi connectivity index (χ3v) is 9.03. The lowest BCUT2D eigenvalue weighted by atomic mass is 9.97. The van der Waals surface area contributed by atoms with Crippen LogP contribution in [0.2, 0.25) is 0 Å². The molecule has 2 fully saturated rings. The zero-order valence-electron chi connectivity index (χ0n) is 23.8. The number of thiazole rings is 1. The van der Waals surface area contributed by atoms with E-state index in [2.05, 4.69) is 4.98 Å². The molecule has 2 aliphatic rings. The summed E-state index contributed by atoms with van der Waals surface area (Å²) < 4.78 is 44.4. The number of benzene rings is 2. The van der Waals surface area contributed by atoms with Crippen molar-refractivity contribution < 1.29 is 32.3 Å². The maximum absolute atomic E-state index is 13.1. The summed E-state index contributed by atoms with van der Waals surface area (Å²) in [5, 5.41) is 2.63. The van der Waals surface area contributed by atoms with E-state index in [1.165, 1.54) is 17.4 Å². The number of alkyl halides is 3. The summed E-state index contributed by atoms with van der Waals surface area (Å²) in [6.07, 6.45) is -2.63. The molecular weight excluding hydrogens is 581 g/mol. The lowest BCUT2D eigenvalue weighted by Crippen LogP contribution is -2.49. The summed E-state index contributed by atoms with van der Waals surface area (Å²) in [4.78, 5) is 48.4. The maximum Gasteiger partial charge on any atom is 0.416 e. The fourth-order valence-corrected chi connectivity index (χ4v) is 6.42. The van der Waals surface area contributed by atoms with E-state index in [-0.39, 0.29) is 36.4 Å². The van der Waals surface area contributed by atoms with Crippen LogP contribution in [0.3, 0.4) is 0 Å². The fourth-order valence-electron chi connectivity index (χ4n) is 5.46. The number of aromatic nitrogens is 1. The van der Waals surface area contributed by atoms with E-state index in [0.29, 0.717) is 62.0 Å². The summed E-state index contributed by atoms with van der Waals surface area (Å²) >= 11 is 1.44. The maximum atomic E-state index is 13.1. The average Bonchev–Trinajstić information content (AvgIpc) is 3.53. The monoisotopic (exact) mass is 614 g/mol. The van der Waals surface area contributed by atoms with Gasteiger partial charge in [0.1, 0.15) is 11.4 Å². The molecule has 0 aliphatic carbocycles. The molecule has 0 saturated carbocycles. The molecule has 228 valence electrons. The SMILES string of the molecule is COc1ccc(C(=O)CCC(=O)N2CCC(c3nc(C(=O)N4CCN(c5cccc(C(F)(F)F)c5)CC4)cs3)CC2)cc1. The largest absolute Gasteiger partial charge is 0.497 e. The van der Waals surface area contributed by atoms with E-state index in [0.717, 1.165) is 30.0 Å². The van der Waals surface area contributed by atoms with Gasteiger partial charge in [0.2, 0.25) is 5.91 Å². The van der Waals surface area contributed by atoms with Crippen LogP contribution in [0.5, 0.6) is 5.75 Å². The Hall–Kier alpha value is -3.93. The van der Waals surface area contributed by atoms with Crippen molar-refractivity contribution in [3.63, 3.8) is 0 Å². The highest BCUT2D eigenvalue weighted by Gasteiger charge is 2.32. The third kappa shape index (κ3) is 7.35. The topological polar surface area (TPSA) is 83.0 Å². The number of nitrogens with zero attached hydrogens (tertiary/aromatic N) is 4. The van der Waals surface area contributed by atoms with E-state index in [9.17, 15) is 27.6 Å². The van der Waals surface area contributed by atoms with Crippen molar-refractivity contribution >= 4 is 34.6 Å². The van der Waals surface area contributed by atoms with Crippen molar-refractivity contribution in [1.82, 2.24) is 14.8 Å². The van der Waals surface area contributed by atoms with Gasteiger partial charge in [-0.1, -0.05) is 6.07 Å². The molecule has 0 atom stereocenters. The quantitative estimate of drug-likeness (QED) is 0.312. The minimum absolute atomic E-state index is 0.0420. The van der Waals surface area contributed by atoms with Crippen molar-refractivity contribution in [2.75, 3.05) is 51.3 Å². The van der Waals surface area contributed by atoms with Gasteiger partial charge < -0.3 is 19.4 Å². The van der Waals surface area contributed by atoms with Crippen molar-refractivity contribution in [2.24, 2.45) is 0 Å². The Morgan fingerprint density at radius 1 is 0.930 bits per heavy atom. The zero-order valence-corrected chi connectivity index (χ0v) is 24.6. The highest BCUT2D eigenvalue weighted by Crippen LogP contribution is 2.33. The van der Waals surface area contributed by atoms with Crippen LogP contribution in [-0.2, 0) is 11.0 Å².